The van der Waals surface area contributed by atoms with Gasteiger partial charge in [-0.1, -0.05) is 23.7 Å². The van der Waals surface area contributed by atoms with Crippen molar-refractivity contribution in [2.24, 2.45) is 0 Å². The van der Waals surface area contributed by atoms with Crippen LogP contribution in [0.25, 0.3) is 0 Å². The summed E-state index contributed by atoms with van der Waals surface area (Å²) in [7, 11) is -3.45. The molecule has 8 heteroatoms. The molecule has 1 unspecified atom stereocenters. The summed E-state index contributed by atoms with van der Waals surface area (Å²) in [6.07, 6.45) is 2.31. The Labute approximate surface area is 134 Å². The second-order valence-electron chi connectivity index (χ2n) is 4.32. The molecule has 118 valence electrons. The standard InChI is InChI=1S/C13H19ClN2O3S2/c1-3-21(18,19)16-12(8-9-20-2)13(17)15-11-7-5-4-6-10(11)14/h4-7,12,16H,3,8-9H2,1-2H3,(H,15,17). The average Bonchev–Trinajstić information content (AvgIpc) is 2.45. The third-order valence-corrected chi connectivity index (χ3v) is 5.14. The Morgan fingerprint density at radius 3 is 2.62 bits per heavy atom. The summed E-state index contributed by atoms with van der Waals surface area (Å²) >= 11 is 7.53. The molecule has 0 aliphatic heterocycles. The summed E-state index contributed by atoms with van der Waals surface area (Å²) in [4.78, 5) is 12.3. The molecule has 0 radical (unpaired) electrons. The van der Waals surface area contributed by atoms with Crippen LogP contribution in [0.2, 0.25) is 5.02 Å². The molecule has 1 atom stereocenters. The number of anilines is 1. The van der Waals surface area contributed by atoms with E-state index in [0.717, 1.165) is 0 Å². The van der Waals surface area contributed by atoms with Crippen LogP contribution in [-0.4, -0.2) is 38.1 Å². The number of carbonyl (C=O) groups is 1. The minimum absolute atomic E-state index is 0.0673. The van der Waals surface area contributed by atoms with Crippen LogP contribution in [0.3, 0.4) is 0 Å². The number of carbonyl (C=O) groups excluding carboxylic acids is 1. The largest absolute Gasteiger partial charge is 0.323 e. The Bertz CT molecular complexity index is 579. The fraction of sp³-hybridized carbons (Fsp3) is 0.462. The molecule has 0 aromatic heterocycles. The van der Waals surface area contributed by atoms with Gasteiger partial charge in [0.1, 0.15) is 6.04 Å². The van der Waals surface area contributed by atoms with Gasteiger partial charge in [0, 0.05) is 0 Å². The van der Waals surface area contributed by atoms with Crippen LogP contribution < -0.4 is 10.0 Å². The average molecular weight is 351 g/mol. The first-order valence-electron chi connectivity index (χ1n) is 6.44. The molecule has 1 rings (SSSR count). The van der Waals surface area contributed by atoms with E-state index in [1.54, 1.807) is 36.0 Å². The summed E-state index contributed by atoms with van der Waals surface area (Å²) < 4.78 is 25.8. The van der Waals surface area contributed by atoms with E-state index in [9.17, 15) is 13.2 Å². The number of thioether (sulfide) groups is 1. The number of hydrogen-bond acceptors (Lipinski definition) is 4. The van der Waals surface area contributed by atoms with Crippen LogP contribution in [0, 0.1) is 0 Å². The van der Waals surface area contributed by atoms with Gasteiger partial charge < -0.3 is 5.32 Å². The predicted octanol–water partition coefficient (Wildman–Crippen LogP) is 2.34. The molecular weight excluding hydrogens is 332 g/mol. The van der Waals surface area contributed by atoms with Crippen LogP contribution in [0.1, 0.15) is 13.3 Å². The Balaban J connectivity index is 2.82. The monoisotopic (exact) mass is 350 g/mol. The molecule has 0 bridgehead atoms. The van der Waals surface area contributed by atoms with Crippen molar-refractivity contribution in [2.75, 3.05) is 23.1 Å². The van der Waals surface area contributed by atoms with Crippen molar-refractivity contribution < 1.29 is 13.2 Å². The molecule has 1 aromatic rings. The van der Waals surface area contributed by atoms with Gasteiger partial charge in [-0.3, -0.25) is 4.79 Å². The summed E-state index contributed by atoms with van der Waals surface area (Å²) in [5.41, 5.74) is 0.467. The van der Waals surface area contributed by atoms with Gasteiger partial charge in [0.15, 0.2) is 0 Å². The highest BCUT2D eigenvalue weighted by molar-refractivity contribution is 7.98. The highest BCUT2D eigenvalue weighted by Crippen LogP contribution is 2.20. The molecule has 5 nitrogen and oxygen atoms in total. The Hall–Kier alpha value is -0.760. The number of benzene rings is 1. The molecule has 0 fully saturated rings. The van der Waals surface area contributed by atoms with Gasteiger partial charge in [0.25, 0.3) is 0 Å². The highest BCUT2D eigenvalue weighted by atomic mass is 35.5. The van der Waals surface area contributed by atoms with Crippen LogP contribution in [-0.2, 0) is 14.8 Å². The van der Waals surface area contributed by atoms with E-state index >= 15 is 0 Å². The van der Waals surface area contributed by atoms with E-state index in [1.807, 2.05) is 6.26 Å². The Morgan fingerprint density at radius 1 is 1.38 bits per heavy atom. The number of rotatable bonds is 8. The molecule has 1 amide bonds. The molecule has 0 heterocycles. The van der Waals surface area contributed by atoms with E-state index in [-0.39, 0.29) is 5.75 Å². The van der Waals surface area contributed by atoms with Gasteiger partial charge in [-0.25, -0.2) is 13.1 Å². The van der Waals surface area contributed by atoms with Crippen LogP contribution in [0.5, 0.6) is 0 Å². The van der Waals surface area contributed by atoms with E-state index in [1.165, 1.54) is 6.92 Å². The molecule has 0 saturated carbocycles. The number of para-hydroxylation sites is 1. The first-order chi connectivity index (χ1) is 9.89. The molecule has 21 heavy (non-hydrogen) atoms. The molecule has 1 aromatic carbocycles. The Morgan fingerprint density at radius 2 is 2.05 bits per heavy atom. The third-order valence-electron chi connectivity index (χ3n) is 2.76. The number of nitrogens with one attached hydrogen (secondary N) is 2. The van der Waals surface area contributed by atoms with Crippen molar-refractivity contribution >= 4 is 45.0 Å². The minimum Gasteiger partial charge on any atom is -0.323 e. The van der Waals surface area contributed by atoms with Crippen LogP contribution in [0.4, 0.5) is 5.69 Å². The summed E-state index contributed by atoms with van der Waals surface area (Å²) in [5, 5.41) is 3.07. The lowest BCUT2D eigenvalue weighted by atomic mass is 10.2. The van der Waals surface area contributed by atoms with Gasteiger partial charge in [0.05, 0.1) is 16.5 Å². The van der Waals surface area contributed by atoms with Gasteiger partial charge in [-0.15, -0.1) is 0 Å². The number of halogens is 1. The lowest BCUT2D eigenvalue weighted by molar-refractivity contribution is -0.117. The fourth-order valence-corrected chi connectivity index (χ4v) is 3.04. The summed E-state index contributed by atoms with van der Waals surface area (Å²) in [6.45, 7) is 1.53. The molecule has 0 saturated heterocycles. The quantitative estimate of drug-likeness (QED) is 0.754. The molecule has 2 N–H and O–H groups in total. The van der Waals surface area contributed by atoms with Crippen LogP contribution in [0.15, 0.2) is 24.3 Å². The number of sulfonamides is 1. The lowest BCUT2D eigenvalue weighted by Crippen LogP contribution is -2.44. The van der Waals surface area contributed by atoms with Crippen LogP contribution >= 0.6 is 23.4 Å². The first kappa shape index (κ1) is 18.3. The number of hydrogen-bond donors (Lipinski definition) is 2. The van der Waals surface area contributed by atoms with Gasteiger partial charge in [-0.05, 0) is 37.5 Å². The lowest BCUT2D eigenvalue weighted by Gasteiger charge is -2.18. The van der Waals surface area contributed by atoms with E-state index in [0.29, 0.717) is 22.9 Å². The van der Waals surface area contributed by atoms with Gasteiger partial charge >= 0.3 is 0 Å². The van der Waals surface area contributed by atoms with Gasteiger partial charge in [0.2, 0.25) is 15.9 Å². The highest BCUT2D eigenvalue weighted by Gasteiger charge is 2.23. The predicted molar refractivity (Wildman–Crippen MR) is 89.5 cm³/mol. The Kier molecular flexibility index (Phi) is 7.51. The SMILES string of the molecule is CCS(=O)(=O)NC(CCSC)C(=O)Nc1ccccc1Cl. The fourth-order valence-electron chi connectivity index (χ4n) is 1.56. The second kappa shape index (κ2) is 8.63. The normalized spacial score (nSPS) is 12.9. The minimum atomic E-state index is -3.45. The molecule has 0 aliphatic rings. The first-order valence-corrected chi connectivity index (χ1v) is 9.86. The number of amides is 1. The maximum atomic E-state index is 12.3. The van der Waals surface area contributed by atoms with Gasteiger partial charge in [-0.2, -0.15) is 11.8 Å². The molecule has 0 spiro atoms. The zero-order valence-electron chi connectivity index (χ0n) is 11.9. The maximum Gasteiger partial charge on any atom is 0.242 e. The van der Waals surface area contributed by atoms with E-state index in [4.69, 9.17) is 11.6 Å². The van der Waals surface area contributed by atoms with Crippen molar-refractivity contribution in [3.8, 4) is 0 Å². The van der Waals surface area contributed by atoms with E-state index < -0.39 is 22.0 Å². The van der Waals surface area contributed by atoms with E-state index in [2.05, 4.69) is 10.0 Å². The van der Waals surface area contributed by atoms with Crippen molar-refractivity contribution in [3.05, 3.63) is 29.3 Å². The summed E-state index contributed by atoms with van der Waals surface area (Å²) in [5.74, 6) is 0.198. The molecular formula is C13H19ClN2O3S2. The zero-order valence-corrected chi connectivity index (χ0v) is 14.3. The second-order valence-corrected chi connectivity index (χ2v) is 7.76. The van der Waals surface area contributed by atoms with Crippen molar-refractivity contribution in [2.45, 2.75) is 19.4 Å². The maximum absolute atomic E-state index is 12.3. The van der Waals surface area contributed by atoms with Crippen molar-refractivity contribution in [1.82, 2.24) is 4.72 Å². The third kappa shape index (κ3) is 6.25. The topological polar surface area (TPSA) is 75.3 Å². The summed E-state index contributed by atoms with van der Waals surface area (Å²) in [6, 6.07) is 6.01. The van der Waals surface area contributed by atoms with Crippen molar-refractivity contribution in [1.29, 1.82) is 0 Å². The smallest absolute Gasteiger partial charge is 0.242 e. The molecule has 0 aliphatic carbocycles. The zero-order chi connectivity index (χ0) is 15.9. The van der Waals surface area contributed by atoms with Crippen molar-refractivity contribution in [3.63, 3.8) is 0 Å².